The second-order valence-electron chi connectivity index (χ2n) is 8.51. The average molecular weight is 380 g/mol. The van der Waals surface area contributed by atoms with Crippen molar-refractivity contribution in [2.75, 3.05) is 5.73 Å². The molecule has 0 radical (unpaired) electrons. The molecule has 2 amide bonds. The molecule has 1 aliphatic rings. The SMILES string of the molecule is CC(C)(C)C(=O)NCc1ccc(C(=O)NC2CCCc3cc(N)ccc32)cc1. The molecule has 0 spiro atoms. The predicted molar refractivity (Wildman–Crippen MR) is 112 cm³/mol. The zero-order valence-corrected chi connectivity index (χ0v) is 16.8. The summed E-state index contributed by atoms with van der Waals surface area (Å²) < 4.78 is 0. The van der Waals surface area contributed by atoms with Crippen molar-refractivity contribution in [2.45, 2.75) is 52.6 Å². The number of amides is 2. The molecule has 5 heteroatoms. The lowest BCUT2D eigenvalue weighted by atomic mass is 9.87. The Labute approximate surface area is 166 Å². The van der Waals surface area contributed by atoms with Crippen LogP contribution in [0.15, 0.2) is 42.5 Å². The largest absolute Gasteiger partial charge is 0.399 e. The number of rotatable bonds is 4. The molecule has 0 heterocycles. The van der Waals surface area contributed by atoms with Crippen molar-refractivity contribution < 1.29 is 9.59 Å². The molecule has 28 heavy (non-hydrogen) atoms. The maximum Gasteiger partial charge on any atom is 0.251 e. The number of carbonyl (C=O) groups is 2. The summed E-state index contributed by atoms with van der Waals surface area (Å²) >= 11 is 0. The molecular weight excluding hydrogens is 350 g/mol. The van der Waals surface area contributed by atoms with E-state index >= 15 is 0 Å². The maximum atomic E-state index is 12.7. The molecular formula is C23H29N3O2. The van der Waals surface area contributed by atoms with Crippen LogP contribution in [0.3, 0.4) is 0 Å². The molecule has 0 aliphatic heterocycles. The molecule has 2 aromatic rings. The lowest BCUT2D eigenvalue weighted by molar-refractivity contribution is -0.128. The van der Waals surface area contributed by atoms with Gasteiger partial charge in [-0.05, 0) is 60.2 Å². The van der Waals surface area contributed by atoms with Gasteiger partial charge in [-0.3, -0.25) is 9.59 Å². The monoisotopic (exact) mass is 379 g/mol. The molecule has 0 saturated heterocycles. The normalized spacial score (nSPS) is 16.2. The van der Waals surface area contributed by atoms with Gasteiger partial charge in [0, 0.05) is 23.2 Å². The van der Waals surface area contributed by atoms with Crippen molar-refractivity contribution >= 4 is 17.5 Å². The summed E-state index contributed by atoms with van der Waals surface area (Å²) in [4.78, 5) is 24.7. The summed E-state index contributed by atoms with van der Waals surface area (Å²) in [5.74, 6) is -0.0779. The molecule has 0 aromatic heterocycles. The molecule has 0 fully saturated rings. The summed E-state index contributed by atoms with van der Waals surface area (Å²) in [6.07, 6.45) is 2.97. The number of hydrogen-bond donors (Lipinski definition) is 3. The Bertz CT molecular complexity index is 866. The summed E-state index contributed by atoms with van der Waals surface area (Å²) in [5.41, 5.74) is 10.2. The number of benzene rings is 2. The molecule has 148 valence electrons. The Morgan fingerprint density at radius 3 is 2.50 bits per heavy atom. The highest BCUT2D eigenvalue weighted by molar-refractivity contribution is 5.94. The van der Waals surface area contributed by atoms with Gasteiger partial charge in [0.05, 0.1) is 6.04 Å². The van der Waals surface area contributed by atoms with E-state index in [-0.39, 0.29) is 17.9 Å². The van der Waals surface area contributed by atoms with Crippen molar-refractivity contribution in [3.05, 3.63) is 64.7 Å². The van der Waals surface area contributed by atoms with Crippen LogP contribution in [0.5, 0.6) is 0 Å². The minimum absolute atomic E-state index is 0.00548. The van der Waals surface area contributed by atoms with Crippen LogP contribution in [0.4, 0.5) is 5.69 Å². The van der Waals surface area contributed by atoms with Gasteiger partial charge in [-0.25, -0.2) is 0 Å². The molecule has 5 nitrogen and oxygen atoms in total. The zero-order valence-electron chi connectivity index (χ0n) is 16.8. The molecule has 0 saturated carbocycles. The number of aryl methyl sites for hydroxylation is 1. The number of anilines is 1. The van der Waals surface area contributed by atoms with Crippen LogP contribution >= 0.6 is 0 Å². The van der Waals surface area contributed by atoms with Gasteiger partial charge in [0.15, 0.2) is 0 Å². The van der Waals surface area contributed by atoms with Gasteiger partial charge < -0.3 is 16.4 Å². The fourth-order valence-corrected chi connectivity index (χ4v) is 3.45. The van der Waals surface area contributed by atoms with E-state index in [1.807, 2.05) is 51.1 Å². The minimum Gasteiger partial charge on any atom is -0.399 e. The molecule has 1 unspecified atom stereocenters. The molecule has 1 aliphatic carbocycles. The summed E-state index contributed by atoms with van der Waals surface area (Å²) in [5, 5.41) is 6.07. The zero-order chi connectivity index (χ0) is 20.3. The second kappa shape index (κ2) is 8.05. The third kappa shape index (κ3) is 4.71. The van der Waals surface area contributed by atoms with Crippen LogP contribution in [-0.4, -0.2) is 11.8 Å². The van der Waals surface area contributed by atoms with E-state index in [1.54, 1.807) is 12.1 Å². The number of nitrogens with two attached hydrogens (primary N) is 1. The summed E-state index contributed by atoms with van der Waals surface area (Å²) in [6, 6.07) is 13.3. The van der Waals surface area contributed by atoms with Crippen molar-refractivity contribution in [2.24, 2.45) is 5.41 Å². The van der Waals surface area contributed by atoms with Crippen molar-refractivity contribution in [1.82, 2.24) is 10.6 Å². The number of nitrogens with one attached hydrogen (secondary N) is 2. The first-order valence-corrected chi connectivity index (χ1v) is 9.80. The fraction of sp³-hybridized carbons (Fsp3) is 0.391. The number of fused-ring (bicyclic) bond motifs is 1. The van der Waals surface area contributed by atoms with Gasteiger partial charge in [0.2, 0.25) is 5.91 Å². The molecule has 4 N–H and O–H groups in total. The van der Waals surface area contributed by atoms with Crippen LogP contribution in [0.1, 0.15) is 66.7 Å². The lowest BCUT2D eigenvalue weighted by Gasteiger charge is -2.26. The third-order valence-corrected chi connectivity index (χ3v) is 5.14. The van der Waals surface area contributed by atoms with Gasteiger partial charge in [-0.1, -0.05) is 39.0 Å². The van der Waals surface area contributed by atoms with E-state index in [2.05, 4.69) is 10.6 Å². The first-order valence-electron chi connectivity index (χ1n) is 9.80. The van der Waals surface area contributed by atoms with Gasteiger partial charge in [0.25, 0.3) is 5.91 Å². The van der Waals surface area contributed by atoms with E-state index < -0.39 is 5.41 Å². The van der Waals surface area contributed by atoms with Crippen molar-refractivity contribution in [1.29, 1.82) is 0 Å². The Morgan fingerprint density at radius 1 is 1.11 bits per heavy atom. The molecule has 0 bridgehead atoms. The van der Waals surface area contributed by atoms with E-state index in [0.717, 1.165) is 36.1 Å². The van der Waals surface area contributed by atoms with Gasteiger partial charge in [-0.15, -0.1) is 0 Å². The second-order valence-corrected chi connectivity index (χ2v) is 8.51. The van der Waals surface area contributed by atoms with Gasteiger partial charge >= 0.3 is 0 Å². The summed E-state index contributed by atoms with van der Waals surface area (Å²) in [7, 11) is 0. The Kier molecular flexibility index (Phi) is 5.73. The topological polar surface area (TPSA) is 84.2 Å². The maximum absolute atomic E-state index is 12.7. The van der Waals surface area contributed by atoms with Crippen LogP contribution in [0, 0.1) is 5.41 Å². The van der Waals surface area contributed by atoms with Gasteiger partial charge in [-0.2, -0.15) is 0 Å². The molecule has 2 aromatic carbocycles. The van der Waals surface area contributed by atoms with Crippen LogP contribution < -0.4 is 16.4 Å². The quantitative estimate of drug-likeness (QED) is 0.708. The minimum atomic E-state index is -0.416. The smallest absolute Gasteiger partial charge is 0.251 e. The third-order valence-electron chi connectivity index (χ3n) is 5.14. The van der Waals surface area contributed by atoms with E-state index in [4.69, 9.17) is 5.73 Å². The Balaban J connectivity index is 1.62. The van der Waals surface area contributed by atoms with Crippen LogP contribution in [0.2, 0.25) is 0 Å². The van der Waals surface area contributed by atoms with Crippen LogP contribution in [-0.2, 0) is 17.8 Å². The number of carbonyl (C=O) groups excluding carboxylic acids is 2. The standard InChI is InChI=1S/C23H29N3O2/c1-23(2,3)22(28)25-14-15-7-9-16(10-8-15)21(27)26-20-6-4-5-17-13-18(24)11-12-19(17)20/h7-13,20H,4-6,14,24H2,1-3H3,(H,25,28)(H,26,27). The van der Waals surface area contributed by atoms with E-state index in [0.29, 0.717) is 12.1 Å². The molecule has 1 atom stereocenters. The van der Waals surface area contributed by atoms with E-state index in [9.17, 15) is 9.59 Å². The first-order chi connectivity index (χ1) is 13.2. The van der Waals surface area contributed by atoms with Crippen molar-refractivity contribution in [3.63, 3.8) is 0 Å². The van der Waals surface area contributed by atoms with E-state index in [1.165, 1.54) is 5.56 Å². The van der Waals surface area contributed by atoms with Crippen LogP contribution in [0.25, 0.3) is 0 Å². The Hall–Kier alpha value is -2.82. The number of nitrogen functional groups attached to an aromatic ring is 1. The lowest BCUT2D eigenvalue weighted by Crippen LogP contribution is -2.34. The number of hydrogen-bond acceptors (Lipinski definition) is 3. The highest BCUT2D eigenvalue weighted by Gasteiger charge is 2.23. The Morgan fingerprint density at radius 2 is 1.82 bits per heavy atom. The average Bonchev–Trinajstić information content (AvgIpc) is 2.65. The highest BCUT2D eigenvalue weighted by atomic mass is 16.2. The van der Waals surface area contributed by atoms with Crippen molar-refractivity contribution in [3.8, 4) is 0 Å². The summed E-state index contributed by atoms with van der Waals surface area (Å²) in [6.45, 7) is 6.10. The predicted octanol–water partition coefficient (Wildman–Crippen LogP) is 3.74. The molecule has 3 rings (SSSR count). The highest BCUT2D eigenvalue weighted by Crippen LogP contribution is 2.31. The van der Waals surface area contributed by atoms with Gasteiger partial charge in [0.1, 0.15) is 0 Å². The fourth-order valence-electron chi connectivity index (χ4n) is 3.45. The first kappa shape index (κ1) is 19.9.